The van der Waals surface area contributed by atoms with Crippen molar-refractivity contribution in [2.24, 2.45) is 4.74 Å². The monoisotopic (exact) mass is 311 g/mol. The molecule has 0 fully saturated rings. The first-order valence-electron chi connectivity index (χ1n) is 7.18. The molecular weight excluding hydrogens is 289 g/mol. The van der Waals surface area contributed by atoms with E-state index in [1.54, 1.807) is 31.2 Å². The highest BCUT2D eigenvalue weighted by Crippen LogP contribution is 2.24. The number of esters is 1. The number of carbonyl (C=O) groups is 1. The molecule has 0 amide bonds. The Hall–Kier alpha value is -1.45. The molecule has 0 spiro atoms. The Labute approximate surface area is 126 Å². The van der Waals surface area contributed by atoms with Gasteiger partial charge in [0.1, 0.15) is 6.10 Å². The highest BCUT2D eigenvalue weighted by Gasteiger charge is 2.21. The van der Waals surface area contributed by atoms with Crippen molar-refractivity contribution in [3.05, 3.63) is 30.3 Å². The van der Waals surface area contributed by atoms with E-state index in [1.165, 1.54) is 0 Å². The Balaban J connectivity index is 2.55. The Kier molecular flexibility index (Phi) is 7.95. The fourth-order valence-corrected chi connectivity index (χ4v) is 2.44. The van der Waals surface area contributed by atoms with Crippen molar-refractivity contribution in [3.8, 4) is 5.75 Å². The molecule has 0 aliphatic carbocycles. The zero-order valence-electron chi connectivity index (χ0n) is 12.7. The van der Waals surface area contributed by atoms with Crippen LogP contribution in [0.4, 0.5) is 0 Å². The van der Waals surface area contributed by atoms with Gasteiger partial charge >= 0.3 is 14.1 Å². The van der Waals surface area contributed by atoms with E-state index in [0.29, 0.717) is 5.75 Å². The van der Waals surface area contributed by atoms with Crippen LogP contribution in [0.3, 0.4) is 0 Å². The maximum atomic E-state index is 11.9. The van der Waals surface area contributed by atoms with Gasteiger partial charge in [0.25, 0.3) is 0 Å². The van der Waals surface area contributed by atoms with Gasteiger partial charge in [-0.05, 0) is 31.9 Å². The van der Waals surface area contributed by atoms with Crippen molar-refractivity contribution in [1.82, 2.24) is 0 Å². The van der Waals surface area contributed by atoms with E-state index in [-0.39, 0.29) is 6.10 Å². The molecular formula is C15H22NO4P. The van der Waals surface area contributed by atoms with Crippen LogP contribution in [0.2, 0.25) is 0 Å². The Morgan fingerprint density at radius 3 is 2.57 bits per heavy atom. The fraction of sp³-hybridized carbons (Fsp3) is 0.533. The van der Waals surface area contributed by atoms with Crippen LogP contribution in [0.1, 0.15) is 40.0 Å². The number of ether oxygens (including phenoxy) is 1. The lowest BCUT2D eigenvalue weighted by molar-refractivity contribution is -0.170. The molecule has 0 radical (unpaired) electrons. The van der Waals surface area contributed by atoms with Gasteiger partial charge in [0.05, 0.1) is 0 Å². The molecule has 0 heterocycles. The number of rotatable bonds is 8. The van der Waals surface area contributed by atoms with Crippen LogP contribution < -0.4 is 9.42 Å². The van der Waals surface area contributed by atoms with Gasteiger partial charge < -0.3 is 9.63 Å². The van der Waals surface area contributed by atoms with E-state index in [2.05, 4.69) is 4.74 Å². The van der Waals surface area contributed by atoms with Gasteiger partial charge in [-0.1, -0.05) is 43.2 Å². The van der Waals surface area contributed by atoms with Gasteiger partial charge in [-0.3, -0.25) is 4.52 Å². The summed E-state index contributed by atoms with van der Waals surface area (Å²) in [7, 11) is -2.29. The largest absolute Gasteiger partial charge is 0.575 e. The normalized spacial score (nSPS) is 14.4. The first-order valence-corrected chi connectivity index (χ1v) is 8.31. The summed E-state index contributed by atoms with van der Waals surface area (Å²) in [6, 6.07) is 7.93. The van der Waals surface area contributed by atoms with Crippen LogP contribution in [0.5, 0.6) is 5.75 Å². The van der Waals surface area contributed by atoms with Crippen molar-refractivity contribution in [2.45, 2.75) is 52.2 Å². The van der Waals surface area contributed by atoms with Crippen molar-refractivity contribution >= 4 is 14.1 Å². The molecule has 1 rings (SSSR count). The van der Waals surface area contributed by atoms with Crippen LogP contribution in [-0.4, -0.2) is 18.1 Å². The molecule has 0 saturated carbocycles. The third-order valence-electron chi connectivity index (χ3n) is 2.88. The average molecular weight is 311 g/mol. The number of benzene rings is 1. The third kappa shape index (κ3) is 6.69. The van der Waals surface area contributed by atoms with Crippen molar-refractivity contribution < 1.29 is 18.9 Å². The summed E-state index contributed by atoms with van der Waals surface area (Å²) in [6.45, 7) is 5.56. The van der Waals surface area contributed by atoms with Crippen LogP contribution in [0.25, 0.3) is 0 Å². The summed E-state index contributed by atoms with van der Waals surface area (Å²) < 4.78 is 14.3. The number of nitrogens with zero attached hydrogens (tertiary/aromatic N) is 1. The van der Waals surface area contributed by atoms with Crippen molar-refractivity contribution in [2.75, 3.05) is 0 Å². The lowest BCUT2D eigenvalue weighted by Crippen LogP contribution is -2.24. The van der Waals surface area contributed by atoms with Gasteiger partial charge in [0, 0.05) is 0 Å². The molecule has 0 N–H and O–H groups in total. The van der Waals surface area contributed by atoms with Crippen molar-refractivity contribution in [3.63, 3.8) is 0 Å². The topological polar surface area (TPSA) is 71.0 Å². The summed E-state index contributed by atoms with van der Waals surface area (Å²) in [5.41, 5.74) is 0. The van der Waals surface area contributed by atoms with Crippen LogP contribution in [-0.2, 0) is 9.53 Å². The molecule has 0 bridgehead atoms. The summed E-state index contributed by atoms with van der Waals surface area (Å²) >= 11 is 0. The first-order chi connectivity index (χ1) is 10.1. The van der Waals surface area contributed by atoms with Gasteiger partial charge in [-0.15, -0.1) is 0 Å². The van der Waals surface area contributed by atoms with Gasteiger partial charge in [0.15, 0.2) is 11.8 Å². The van der Waals surface area contributed by atoms with Gasteiger partial charge in [-0.2, -0.15) is 0 Å². The molecule has 0 saturated heterocycles. The molecule has 0 aliphatic rings. The van der Waals surface area contributed by atoms with E-state index in [0.717, 1.165) is 19.3 Å². The summed E-state index contributed by atoms with van der Waals surface area (Å²) in [5, 5.41) is 0. The molecule has 5 nitrogen and oxygen atoms in total. The minimum absolute atomic E-state index is 0.104. The minimum Gasteiger partial charge on any atom is -0.575 e. The zero-order valence-corrected chi connectivity index (χ0v) is 13.6. The summed E-state index contributed by atoms with van der Waals surface area (Å²) in [4.78, 5) is 23.6. The number of para-hydroxylation sites is 1. The van der Waals surface area contributed by atoms with E-state index in [1.807, 2.05) is 19.9 Å². The molecule has 3 atom stereocenters. The summed E-state index contributed by atoms with van der Waals surface area (Å²) in [6.07, 6.45) is 2.43. The third-order valence-corrected chi connectivity index (χ3v) is 3.79. The van der Waals surface area contributed by atoms with Gasteiger partial charge in [0.2, 0.25) is 0 Å². The Bertz CT molecular complexity index is 464. The fourth-order valence-electron chi connectivity index (χ4n) is 1.71. The molecule has 2 unspecified atom stereocenters. The standard InChI is InChI=1S/C15H22NO4P/c1-4-9-13(5-2)19-15(17)12(3)16-21(18)20-14-10-7-6-8-11-14/h6-8,10-13H,4-5,9H2,1-3H3/t12-,13?/m0/s1. The van der Waals surface area contributed by atoms with Crippen molar-refractivity contribution in [1.29, 1.82) is 0 Å². The van der Waals surface area contributed by atoms with E-state index in [9.17, 15) is 9.69 Å². The quantitative estimate of drug-likeness (QED) is 0.544. The molecule has 116 valence electrons. The molecule has 0 aromatic heterocycles. The minimum atomic E-state index is -2.29. The highest BCUT2D eigenvalue weighted by molar-refractivity contribution is 7.34. The zero-order chi connectivity index (χ0) is 15.7. The summed E-state index contributed by atoms with van der Waals surface area (Å²) in [5.74, 6) is -0.00402. The molecule has 1 aromatic carbocycles. The predicted octanol–water partition coefficient (Wildman–Crippen LogP) is 3.43. The van der Waals surface area contributed by atoms with Crippen LogP contribution >= 0.6 is 8.17 Å². The lowest BCUT2D eigenvalue weighted by Gasteiger charge is -2.15. The number of hydrogen-bond acceptors (Lipinski definition) is 5. The molecule has 0 aliphatic heterocycles. The second kappa shape index (κ2) is 9.48. The molecule has 21 heavy (non-hydrogen) atoms. The highest BCUT2D eigenvalue weighted by atomic mass is 31.1. The number of carbonyl (C=O) groups excluding carboxylic acids is 1. The lowest BCUT2D eigenvalue weighted by atomic mass is 10.1. The Morgan fingerprint density at radius 1 is 1.33 bits per heavy atom. The molecule has 6 heteroatoms. The van der Waals surface area contributed by atoms with Gasteiger partial charge in [-0.25, -0.2) is 4.79 Å². The maximum Gasteiger partial charge on any atom is 0.395 e. The van der Waals surface area contributed by atoms with Crippen LogP contribution in [0.15, 0.2) is 35.1 Å². The molecule has 1 aromatic rings. The van der Waals surface area contributed by atoms with E-state index < -0.39 is 20.2 Å². The maximum absolute atomic E-state index is 11.9. The van der Waals surface area contributed by atoms with E-state index >= 15 is 0 Å². The predicted molar refractivity (Wildman–Crippen MR) is 81.0 cm³/mol. The number of hydrogen-bond donors (Lipinski definition) is 0. The second-order valence-electron chi connectivity index (χ2n) is 4.69. The first kappa shape index (κ1) is 17.6. The second-order valence-corrected chi connectivity index (χ2v) is 5.58. The Morgan fingerprint density at radius 2 is 2.00 bits per heavy atom. The van der Waals surface area contributed by atoms with Crippen LogP contribution in [0, 0.1) is 0 Å². The van der Waals surface area contributed by atoms with E-state index in [4.69, 9.17) is 9.26 Å². The SMILES string of the molecule is CCCC(CC)OC(=O)[C@H](C)N=[P+]([O-])Oc1ccccc1. The average Bonchev–Trinajstić information content (AvgIpc) is 2.47. The smallest absolute Gasteiger partial charge is 0.395 e.